The van der Waals surface area contributed by atoms with E-state index in [4.69, 9.17) is 0 Å². The summed E-state index contributed by atoms with van der Waals surface area (Å²) >= 11 is 1.30. The summed E-state index contributed by atoms with van der Waals surface area (Å²) in [5, 5.41) is 12.2. The topological polar surface area (TPSA) is 61.4 Å². The normalized spacial score (nSPS) is 12.8. The lowest BCUT2D eigenvalue weighted by atomic mass is 10.1. The number of tetrazole rings is 1. The van der Waals surface area contributed by atoms with Crippen LogP contribution in [0.15, 0.2) is 47.6 Å². The zero-order valence-corrected chi connectivity index (χ0v) is 16.4. The molecule has 0 aliphatic heterocycles. The third kappa shape index (κ3) is 3.15. The number of alkyl halides is 2. The Morgan fingerprint density at radius 1 is 1.00 bits per heavy atom. The van der Waals surface area contributed by atoms with Crippen LogP contribution >= 0.6 is 11.8 Å². The summed E-state index contributed by atoms with van der Waals surface area (Å²) < 4.78 is 30.1. The fourth-order valence-corrected chi connectivity index (χ4v) is 4.20. The molecule has 0 aliphatic rings. The maximum Gasteiger partial charge on any atom is 0.320 e. The molecule has 6 nitrogen and oxygen atoms in total. The van der Waals surface area contributed by atoms with E-state index in [1.54, 1.807) is 28.9 Å². The smallest absolute Gasteiger partial charge is 0.269 e. The van der Waals surface area contributed by atoms with Crippen LogP contribution in [0.5, 0.6) is 0 Å². The van der Waals surface area contributed by atoms with Gasteiger partial charge in [0.05, 0.1) is 22.0 Å². The van der Waals surface area contributed by atoms with Crippen LogP contribution in [0.4, 0.5) is 8.78 Å². The van der Waals surface area contributed by atoms with Gasteiger partial charge in [-0.05, 0) is 54.5 Å². The van der Waals surface area contributed by atoms with Gasteiger partial charge in [-0.15, -0.1) is 5.10 Å². The number of fused-ring (bicyclic) bond motifs is 1. The Morgan fingerprint density at radius 2 is 1.71 bits per heavy atom. The zero-order chi connectivity index (χ0) is 19.8. The average Bonchev–Trinajstić information content (AvgIpc) is 3.26. The van der Waals surface area contributed by atoms with E-state index in [0.717, 1.165) is 21.4 Å². The fourth-order valence-electron chi connectivity index (χ4n) is 3.30. The molecule has 0 saturated carbocycles. The highest BCUT2D eigenvalue weighted by molar-refractivity contribution is 7.99. The number of nitrogens with zero attached hydrogens (tertiary/aromatic N) is 6. The Bertz CT molecular complexity index is 1120. The number of hydrogen-bond donors (Lipinski definition) is 0. The number of para-hydroxylation sites is 3. The molecule has 2 aromatic carbocycles. The minimum absolute atomic E-state index is 0.289. The van der Waals surface area contributed by atoms with E-state index < -0.39 is 6.55 Å². The van der Waals surface area contributed by atoms with Gasteiger partial charge in [0.15, 0.2) is 0 Å². The standard InChI is InChI=1S/C19H18F2N6S/c1-11-7-6-8-12(2)16(11)27-19(23-24-25-27)28-13(3)17-22-14-9-4-5-10-15(14)26(17)18(20)21/h4-10,13,18H,1-3H3. The molecule has 144 valence electrons. The van der Waals surface area contributed by atoms with Gasteiger partial charge in [-0.1, -0.05) is 42.1 Å². The number of benzene rings is 2. The molecule has 0 fully saturated rings. The maximum absolute atomic E-state index is 13.7. The van der Waals surface area contributed by atoms with Gasteiger partial charge in [-0.25, -0.2) is 4.98 Å². The first-order valence-corrected chi connectivity index (χ1v) is 9.62. The predicted molar refractivity (Wildman–Crippen MR) is 104 cm³/mol. The second-order valence-electron chi connectivity index (χ2n) is 6.48. The number of aryl methyl sites for hydroxylation is 2. The Hall–Kier alpha value is -2.81. The highest BCUT2D eigenvalue weighted by Gasteiger charge is 2.25. The number of rotatable bonds is 5. The highest BCUT2D eigenvalue weighted by atomic mass is 32.2. The van der Waals surface area contributed by atoms with Gasteiger partial charge < -0.3 is 0 Å². The van der Waals surface area contributed by atoms with Gasteiger partial charge in [0.2, 0.25) is 5.16 Å². The second-order valence-corrected chi connectivity index (χ2v) is 7.79. The monoisotopic (exact) mass is 400 g/mol. The van der Waals surface area contributed by atoms with Crippen LogP contribution in [0, 0.1) is 13.8 Å². The molecule has 1 atom stereocenters. The quantitative estimate of drug-likeness (QED) is 0.447. The van der Waals surface area contributed by atoms with Crippen molar-refractivity contribution in [3.05, 3.63) is 59.4 Å². The molecule has 0 radical (unpaired) electrons. The highest BCUT2D eigenvalue weighted by Crippen LogP contribution is 2.37. The third-order valence-corrected chi connectivity index (χ3v) is 5.59. The van der Waals surface area contributed by atoms with Crippen LogP contribution in [0.1, 0.15) is 35.7 Å². The number of hydrogen-bond acceptors (Lipinski definition) is 5. The van der Waals surface area contributed by atoms with Crippen molar-refractivity contribution in [1.29, 1.82) is 0 Å². The number of thioether (sulfide) groups is 1. The van der Waals surface area contributed by atoms with Crippen LogP contribution in [-0.2, 0) is 0 Å². The van der Waals surface area contributed by atoms with Crippen molar-refractivity contribution in [3.8, 4) is 5.69 Å². The zero-order valence-electron chi connectivity index (χ0n) is 15.5. The second kappa shape index (κ2) is 7.31. The molecule has 2 aromatic heterocycles. The van der Waals surface area contributed by atoms with Crippen LogP contribution in [0.25, 0.3) is 16.7 Å². The molecule has 2 heterocycles. The summed E-state index contributed by atoms with van der Waals surface area (Å²) in [6.07, 6.45) is 0. The van der Waals surface area contributed by atoms with Gasteiger partial charge in [-0.3, -0.25) is 4.57 Å². The summed E-state index contributed by atoms with van der Waals surface area (Å²) in [6, 6.07) is 12.8. The lowest BCUT2D eigenvalue weighted by molar-refractivity contribution is 0.0715. The molecule has 0 bridgehead atoms. The van der Waals surface area contributed by atoms with E-state index in [2.05, 4.69) is 20.5 Å². The van der Waals surface area contributed by atoms with E-state index in [0.29, 0.717) is 16.2 Å². The minimum atomic E-state index is -2.68. The summed E-state index contributed by atoms with van der Waals surface area (Å²) in [6.45, 7) is 3.12. The summed E-state index contributed by atoms with van der Waals surface area (Å²) in [4.78, 5) is 4.44. The predicted octanol–water partition coefficient (Wildman–Crippen LogP) is 4.88. The van der Waals surface area contributed by atoms with Crippen molar-refractivity contribution >= 4 is 22.8 Å². The lowest BCUT2D eigenvalue weighted by Gasteiger charge is -2.15. The maximum atomic E-state index is 13.7. The van der Waals surface area contributed by atoms with Gasteiger partial charge in [0.1, 0.15) is 5.82 Å². The summed E-state index contributed by atoms with van der Waals surface area (Å²) in [5.41, 5.74) is 3.90. The van der Waals surface area contributed by atoms with Crippen molar-refractivity contribution in [1.82, 2.24) is 29.8 Å². The van der Waals surface area contributed by atoms with Crippen molar-refractivity contribution in [3.63, 3.8) is 0 Å². The largest absolute Gasteiger partial charge is 0.320 e. The molecule has 4 rings (SSSR count). The van der Waals surface area contributed by atoms with Crippen molar-refractivity contribution in [2.24, 2.45) is 0 Å². The SMILES string of the molecule is Cc1cccc(C)c1-n1nnnc1SC(C)c1nc2ccccc2n1C(F)F. The van der Waals surface area contributed by atoms with Crippen LogP contribution in [-0.4, -0.2) is 29.8 Å². The minimum Gasteiger partial charge on any atom is -0.269 e. The van der Waals surface area contributed by atoms with E-state index >= 15 is 0 Å². The molecule has 4 aromatic rings. The molecule has 0 saturated heterocycles. The van der Waals surface area contributed by atoms with E-state index in [-0.39, 0.29) is 11.1 Å². The summed E-state index contributed by atoms with van der Waals surface area (Å²) in [7, 11) is 0. The van der Waals surface area contributed by atoms with Gasteiger partial charge in [0.25, 0.3) is 0 Å². The lowest BCUT2D eigenvalue weighted by Crippen LogP contribution is -2.08. The Balaban J connectivity index is 1.74. The molecule has 0 amide bonds. The van der Waals surface area contributed by atoms with Crippen LogP contribution in [0.3, 0.4) is 0 Å². The fraction of sp³-hybridized carbons (Fsp3) is 0.263. The van der Waals surface area contributed by atoms with Gasteiger partial charge in [0, 0.05) is 0 Å². The first kappa shape index (κ1) is 18.5. The molecule has 0 spiro atoms. The van der Waals surface area contributed by atoms with Crippen LogP contribution < -0.4 is 0 Å². The first-order chi connectivity index (χ1) is 13.5. The van der Waals surface area contributed by atoms with Crippen molar-refractivity contribution in [2.75, 3.05) is 0 Å². The first-order valence-electron chi connectivity index (χ1n) is 8.74. The molecular weight excluding hydrogens is 382 g/mol. The van der Waals surface area contributed by atoms with Crippen LogP contribution in [0.2, 0.25) is 0 Å². The van der Waals surface area contributed by atoms with E-state index in [1.165, 1.54) is 11.8 Å². The molecule has 28 heavy (non-hydrogen) atoms. The van der Waals surface area contributed by atoms with E-state index in [9.17, 15) is 8.78 Å². The number of imidazole rings is 1. The molecule has 0 aliphatic carbocycles. The van der Waals surface area contributed by atoms with Gasteiger partial charge >= 0.3 is 6.55 Å². The molecule has 9 heteroatoms. The summed E-state index contributed by atoms with van der Waals surface area (Å²) in [5.74, 6) is 0.289. The van der Waals surface area contributed by atoms with Crippen molar-refractivity contribution in [2.45, 2.75) is 37.7 Å². The van der Waals surface area contributed by atoms with E-state index in [1.807, 2.05) is 39.0 Å². The average molecular weight is 400 g/mol. The van der Waals surface area contributed by atoms with Crippen molar-refractivity contribution < 1.29 is 8.78 Å². The molecule has 1 unspecified atom stereocenters. The molecule has 0 N–H and O–H groups in total. The third-order valence-electron chi connectivity index (χ3n) is 4.56. The number of halogens is 2. The Morgan fingerprint density at radius 3 is 2.43 bits per heavy atom. The Labute approximate surface area is 164 Å². The molecular formula is C19H18F2N6S. The van der Waals surface area contributed by atoms with Gasteiger partial charge in [-0.2, -0.15) is 13.5 Å². The Kier molecular flexibility index (Phi) is 4.84. The number of aromatic nitrogens is 6.